The second kappa shape index (κ2) is 7.23. The first-order valence-corrected chi connectivity index (χ1v) is 8.75. The van der Waals surface area contributed by atoms with Crippen LogP contribution in [0.5, 0.6) is 17.2 Å². The number of ether oxygens (including phenoxy) is 3. The van der Waals surface area contributed by atoms with Gasteiger partial charge in [-0.1, -0.05) is 28.1 Å². The highest BCUT2D eigenvalue weighted by molar-refractivity contribution is 9.10. The van der Waals surface area contributed by atoms with Gasteiger partial charge in [0, 0.05) is 27.9 Å². The Bertz CT molecular complexity index is 846. The monoisotopic (exact) mass is 405 g/mol. The Kier molecular flexibility index (Phi) is 5.06. The summed E-state index contributed by atoms with van der Waals surface area (Å²) < 4.78 is 21.8. The number of hydrogen-bond acceptors (Lipinski definition) is 5. The lowest BCUT2D eigenvalue weighted by Gasteiger charge is -2.14. The fourth-order valence-corrected chi connectivity index (χ4v) is 3.53. The van der Waals surface area contributed by atoms with Gasteiger partial charge in [0.1, 0.15) is 5.75 Å². The summed E-state index contributed by atoms with van der Waals surface area (Å²) >= 11 is 4.89. The molecule has 0 aliphatic rings. The number of halogens is 1. The molecule has 0 saturated carbocycles. The van der Waals surface area contributed by atoms with Gasteiger partial charge in [0.15, 0.2) is 11.5 Å². The summed E-state index contributed by atoms with van der Waals surface area (Å²) in [6.07, 6.45) is 1.87. The molecule has 0 fully saturated rings. The molecular weight excluding hydrogens is 390 g/mol. The summed E-state index contributed by atoms with van der Waals surface area (Å²) in [6, 6.07) is 11.9. The minimum atomic E-state index is 0.632. The molecule has 0 N–H and O–H groups in total. The Labute approximate surface area is 153 Å². The lowest BCUT2D eigenvalue weighted by atomic mass is 10.0. The van der Waals surface area contributed by atoms with Gasteiger partial charge in [-0.25, -0.2) is 0 Å². The maximum Gasteiger partial charge on any atom is 0.164 e. The highest BCUT2D eigenvalue weighted by atomic mass is 79.9. The molecule has 0 amide bonds. The van der Waals surface area contributed by atoms with E-state index < -0.39 is 0 Å². The van der Waals surface area contributed by atoms with Crippen molar-refractivity contribution in [3.8, 4) is 38.8 Å². The minimum absolute atomic E-state index is 0.632. The predicted molar refractivity (Wildman–Crippen MR) is 100 cm³/mol. The smallest absolute Gasteiger partial charge is 0.164 e. The van der Waals surface area contributed by atoms with Crippen molar-refractivity contribution in [2.75, 3.05) is 21.3 Å². The first-order chi connectivity index (χ1) is 11.7. The predicted octanol–water partition coefficient (Wildman–Crippen LogP) is 5.27. The highest BCUT2D eigenvalue weighted by Crippen LogP contribution is 2.45. The molecule has 0 spiro atoms. The van der Waals surface area contributed by atoms with Crippen LogP contribution in [0.2, 0.25) is 0 Å². The van der Waals surface area contributed by atoms with E-state index in [-0.39, 0.29) is 0 Å². The van der Waals surface area contributed by atoms with Crippen molar-refractivity contribution in [3.63, 3.8) is 0 Å². The third-order valence-corrected chi connectivity index (χ3v) is 5.04. The second-order valence-corrected chi connectivity index (χ2v) is 6.70. The third-order valence-electron chi connectivity index (χ3n) is 3.68. The fraction of sp³-hybridized carbons (Fsp3) is 0.167. The molecular formula is C18H16BrNO3S. The van der Waals surface area contributed by atoms with E-state index in [1.54, 1.807) is 21.3 Å². The van der Waals surface area contributed by atoms with E-state index >= 15 is 0 Å². The van der Waals surface area contributed by atoms with Crippen LogP contribution < -0.4 is 14.2 Å². The Morgan fingerprint density at radius 3 is 2.08 bits per heavy atom. The van der Waals surface area contributed by atoms with Gasteiger partial charge in [-0.15, -0.1) is 0 Å². The average Bonchev–Trinajstić information content (AvgIpc) is 3.10. The molecule has 0 unspecified atom stereocenters. The lowest BCUT2D eigenvalue weighted by molar-refractivity contribution is 0.349. The van der Waals surface area contributed by atoms with Crippen molar-refractivity contribution in [1.29, 1.82) is 0 Å². The van der Waals surface area contributed by atoms with E-state index in [0.29, 0.717) is 11.5 Å². The van der Waals surface area contributed by atoms with Crippen molar-refractivity contribution in [3.05, 3.63) is 47.1 Å². The van der Waals surface area contributed by atoms with Gasteiger partial charge < -0.3 is 14.2 Å². The number of benzene rings is 2. The Morgan fingerprint density at radius 1 is 0.833 bits per heavy atom. The zero-order valence-electron chi connectivity index (χ0n) is 13.5. The average molecular weight is 406 g/mol. The number of rotatable bonds is 5. The summed E-state index contributed by atoms with van der Waals surface area (Å²) in [5, 5.41) is 0. The molecule has 2 aromatic carbocycles. The van der Waals surface area contributed by atoms with E-state index in [2.05, 4.69) is 32.4 Å². The number of nitrogens with zero attached hydrogens (tertiary/aromatic N) is 1. The lowest BCUT2D eigenvalue weighted by Crippen LogP contribution is -1.94. The van der Waals surface area contributed by atoms with Crippen molar-refractivity contribution >= 4 is 27.5 Å². The molecule has 124 valence electrons. The Balaban J connectivity index is 2.16. The van der Waals surface area contributed by atoms with Gasteiger partial charge in [0.25, 0.3) is 0 Å². The Hall–Kier alpha value is -2.05. The zero-order chi connectivity index (χ0) is 17.1. The van der Waals surface area contributed by atoms with Crippen LogP contribution in [-0.4, -0.2) is 25.7 Å². The minimum Gasteiger partial charge on any atom is -0.496 e. The van der Waals surface area contributed by atoms with Crippen molar-refractivity contribution < 1.29 is 14.2 Å². The van der Waals surface area contributed by atoms with Crippen LogP contribution in [0.1, 0.15) is 0 Å². The van der Waals surface area contributed by atoms with Crippen LogP contribution in [0.15, 0.2) is 47.1 Å². The molecule has 3 rings (SSSR count). The van der Waals surface area contributed by atoms with Crippen LogP contribution in [0, 0.1) is 0 Å². The number of methoxy groups -OCH3 is 3. The SMILES string of the molecule is COc1cc(OC)c(-c2sncc2-c2ccc(Br)cc2)cc1OC. The van der Waals surface area contributed by atoms with Gasteiger partial charge in [0.2, 0.25) is 0 Å². The van der Waals surface area contributed by atoms with Crippen molar-refractivity contribution in [2.45, 2.75) is 0 Å². The Morgan fingerprint density at radius 2 is 1.46 bits per heavy atom. The molecule has 0 aliphatic heterocycles. The summed E-state index contributed by atoms with van der Waals surface area (Å²) in [7, 11) is 4.87. The molecule has 0 atom stereocenters. The van der Waals surface area contributed by atoms with Crippen molar-refractivity contribution in [2.24, 2.45) is 0 Å². The molecule has 0 saturated heterocycles. The van der Waals surface area contributed by atoms with Gasteiger partial charge >= 0.3 is 0 Å². The van der Waals surface area contributed by atoms with Crippen LogP contribution in [0.3, 0.4) is 0 Å². The summed E-state index contributed by atoms with van der Waals surface area (Å²) in [5.41, 5.74) is 3.08. The quantitative estimate of drug-likeness (QED) is 0.579. The first-order valence-electron chi connectivity index (χ1n) is 7.19. The van der Waals surface area contributed by atoms with E-state index in [4.69, 9.17) is 14.2 Å². The molecule has 1 heterocycles. The number of aromatic nitrogens is 1. The molecule has 6 heteroatoms. The fourth-order valence-electron chi connectivity index (χ4n) is 2.48. The van der Waals surface area contributed by atoms with E-state index in [1.807, 2.05) is 30.5 Å². The van der Waals surface area contributed by atoms with Crippen LogP contribution in [-0.2, 0) is 0 Å². The molecule has 4 nitrogen and oxygen atoms in total. The maximum absolute atomic E-state index is 5.56. The number of hydrogen-bond donors (Lipinski definition) is 0. The van der Waals surface area contributed by atoms with Crippen LogP contribution in [0.4, 0.5) is 0 Å². The third kappa shape index (κ3) is 3.12. The molecule has 0 aliphatic carbocycles. The van der Waals surface area contributed by atoms with Gasteiger partial charge in [-0.3, -0.25) is 0 Å². The second-order valence-electron chi connectivity index (χ2n) is 4.98. The zero-order valence-corrected chi connectivity index (χ0v) is 15.9. The molecule has 3 aromatic rings. The van der Waals surface area contributed by atoms with Gasteiger partial charge in [-0.2, -0.15) is 4.37 Å². The van der Waals surface area contributed by atoms with Gasteiger partial charge in [0.05, 0.1) is 26.2 Å². The molecule has 0 bridgehead atoms. The topological polar surface area (TPSA) is 40.6 Å². The normalized spacial score (nSPS) is 10.5. The van der Waals surface area contributed by atoms with E-state index in [1.165, 1.54) is 11.5 Å². The molecule has 1 aromatic heterocycles. The summed E-state index contributed by atoms with van der Waals surface area (Å²) in [5.74, 6) is 2.01. The van der Waals surface area contributed by atoms with E-state index in [0.717, 1.165) is 31.8 Å². The molecule has 24 heavy (non-hydrogen) atoms. The van der Waals surface area contributed by atoms with Crippen LogP contribution >= 0.6 is 27.5 Å². The maximum atomic E-state index is 5.56. The largest absolute Gasteiger partial charge is 0.496 e. The van der Waals surface area contributed by atoms with Crippen LogP contribution in [0.25, 0.3) is 21.6 Å². The standard InChI is InChI=1S/C18H16BrNO3S/c1-21-15-9-17(23-3)16(22-2)8-13(15)18-14(10-20-24-18)11-4-6-12(19)7-5-11/h4-10H,1-3H3. The summed E-state index contributed by atoms with van der Waals surface area (Å²) in [6.45, 7) is 0. The van der Waals surface area contributed by atoms with Crippen molar-refractivity contribution in [1.82, 2.24) is 4.37 Å². The first kappa shape index (κ1) is 16.8. The highest BCUT2D eigenvalue weighted by Gasteiger charge is 2.18. The summed E-state index contributed by atoms with van der Waals surface area (Å²) in [4.78, 5) is 1.02. The molecule has 0 radical (unpaired) electrons. The van der Waals surface area contributed by atoms with Gasteiger partial charge in [-0.05, 0) is 35.3 Å². The van der Waals surface area contributed by atoms with E-state index in [9.17, 15) is 0 Å².